The molecule has 2 saturated heterocycles. The average Bonchev–Trinajstić information content (AvgIpc) is 3.34. The van der Waals surface area contributed by atoms with Crippen molar-refractivity contribution >= 4 is 17.5 Å². The van der Waals surface area contributed by atoms with Crippen molar-refractivity contribution < 1.29 is 35.9 Å². The number of hydrogen-bond donors (Lipinski definition) is 0. The van der Waals surface area contributed by atoms with Crippen molar-refractivity contribution in [2.24, 2.45) is 0 Å². The van der Waals surface area contributed by atoms with Gasteiger partial charge in [-0.05, 0) is 18.9 Å². The predicted molar refractivity (Wildman–Crippen MR) is 121 cm³/mol. The van der Waals surface area contributed by atoms with Crippen LogP contribution in [-0.2, 0) is 21.9 Å². The number of carbonyl (C=O) groups excluding carboxylic acids is 1. The first kappa shape index (κ1) is 26.9. The molecule has 2 fully saturated rings. The summed E-state index contributed by atoms with van der Waals surface area (Å²) in [5.74, 6) is 0.0684. The standard InChI is InChI=1S/C23H26F6N6O2/c24-22(25,26)16-10-19(14-30-11-16)35-4-1-2-18(35)15-37-9-3-20(36)33-5-7-34(8-6-33)21-31-12-17(13-32-21)23(27,28)29/h10-14,18H,1-9,15H2/t18-/m0/s1. The van der Waals surface area contributed by atoms with Crippen molar-refractivity contribution in [2.75, 3.05) is 55.7 Å². The number of halogens is 6. The van der Waals surface area contributed by atoms with E-state index in [1.165, 1.54) is 6.20 Å². The lowest BCUT2D eigenvalue weighted by atomic mass is 10.2. The second-order valence-corrected chi connectivity index (χ2v) is 8.88. The summed E-state index contributed by atoms with van der Waals surface area (Å²) in [6.07, 6.45) is -3.55. The van der Waals surface area contributed by atoms with E-state index in [9.17, 15) is 31.1 Å². The van der Waals surface area contributed by atoms with Gasteiger partial charge in [0.1, 0.15) is 0 Å². The molecule has 0 saturated carbocycles. The average molecular weight is 532 g/mol. The van der Waals surface area contributed by atoms with E-state index in [-0.39, 0.29) is 37.5 Å². The lowest BCUT2D eigenvalue weighted by molar-refractivity contribution is -0.138. The van der Waals surface area contributed by atoms with Gasteiger partial charge in [-0.2, -0.15) is 26.3 Å². The molecule has 0 N–H and O–H groups in total. The largest absolute Gasteiger partial charge is 0.419 e. The van der Waals surface area contributed by atoms with Gasteiger partial charge < -0.3 is 19.4 Å². The Labute approximate surface area is 209 Å². The third-order valence-corrected chi connectivity index (χ3v) is 6.41. The maximum absolute atomic E-state index is 13.0. The van der Waals surface area contributed by atoms with Crippen molar-refractivity contribution in [3.8, 4) is 0 Å². The Bertz CT molecular complexity index is 1060. The molecular weight excluding hydrogens is 506 g/mol. The number of alkyl halides is 6. The summed E-state index contributed by atoms with van der Waals surface area (Å²) < 4.78 is 82.8. The van der Waals surface area contributed by atoms with E-state index in [0.29, 0.717) is 38.4 Å². The number of rotatable bonds is 7. The van der Waals surface area contributed by atoms with Gasteiger partial charge >= 0.3 is 12.4 Å². The van der Waals surface area contributed by atoms with Crippen molar-refractivity contribution in [2.45, 2.75) is 37.7 Å². The maximum atomic E-state index is 13.0. The molecule has 0 bridgehead atoms. The topological polar surface area (TPSA) is 74.7 Å². The predicted octanol–water partition coefficient (Wildman–Crippen LogP) is 3.63. The number of nitrogens with zero attached hydrogens (tertiary/aromatic N) is 6. The van der Waals surface area contributed by atoms with Crippen molar-refractivity contribution in [3.05, 3.63) is 42.0 Å². The van der Waals surface area contributed by atoms with Crippen LogP contribution >= 0.6 is 0 Å². The molecule has 2 aromatic heterocycles. The molecule has 2 aliphatic rings. The normalized spacial score (nSPS) is 19.0. The molecule has 2 aliphatic heterocycles. The summed E-state index contributed by atoms with van der Waals surface area (Å²) >= 11 is 0. The molecule has 1 atom stereocenters. The fourth-order valence-electron chi connectivity index (χ4n) is 4.41. The Kier molecular flexibility index (Phi) is 8.05. The van der Waals surface area contributed by atoms with Crippen molar-refractivity contribution in [1.29, 1.82) is 0 Å². The molecule has 0 aromatic carbocycles. The van der Waals surface area contributed by atoms with Gasteiger partial charge in [-0.1, -0.05) is 0 Å². The third kappa shape index (κ3) is 6.79. The lowest BCUT2D eigenvalue weighted by Crippen LogP contribution is -2.49. The van der Waals surface area contributed by atoms with Gasteiger partial charge in [-0.25, -0.2) is 9.97 Å². The molecule has 0 unspecified atom stereocenters. The minimum absolute atomic E-state index is 0.104. The second kappa shape index (κ2) is 11.1. The van der Waals surface area contributed by atoms with Crippen LogP contribution in [0.3, 0.4) is 0 Å². The van der Waals surface area contributed by atoms with E-state index in [0.717, 1.165) is 37.5 Å². The molecule has 37 heavy (non-hydrogen) atoms. The van der Waals surface area contributed by atoms with Gasteiger partial charge in [0.05, 0.1) is 48.7 Å². The first-order valence-electron chi connectivity index (χ1n) is 11.8. The Hall–Kier alpha value is -3.16. The fraction of sp³-hybridized carbons (Fsp3) is 0.565. The molecule has 202 valence electrons. The Morgan fingerprint density at radius 2 is 1.59 bits per heavy atom. The molecular formula is C23H26F6N6O2. The zero-order valence-electron chi connectivity index (χ0n) is 19.8. The molecule has 2 aromatic rings. The van der Waals surface area contributed by atoms with Crippen molar-refractivity contribution in [1.82, 2.24) is 19.9 Å². The summed E-state index contributed by atoms with van der Waals surface area (Å²) in [5.41, 5.74) is -1.32. The summed E-state index contributed by atoms with van der Waals surface area (Å²) in [4.78, 5) is 29.1. The zero-order valence-corrected chi connectivity index (χ0v) is 19.8. The highest BCUT2D eigenvalue weighted by atomic mass is 19.4. The number of ether oxygens (including phenoxy) is 1. The Morgan fingerprint density at radius 3 is 2.24 bits per heavy atom. The van der Waals surface area contributed by atoms with Gasteiger partial charge in [0.25, 0.3) is 0 Å². The van der Waals surface area contributed by atoms with E-state index in [1.807, 2.05) is 4.90 Å². The SMILES string of the molecule is O=C(CCOC[C@@H]1CCCN1c1cncc(C(F)(F)F)c1)N1CCN(c2ncc(C(F)(F)F)cn2)CC1. The van der Waals surface area contributed by atoms with E-state index in [2.05, 4.69) is 15.0 Å². The Balaban J connectivity index is 1.19. The van der Waals surface area contributed by atoms with Crippen LogP contribution in [0.25, 0.3) is 0 Å². The van der Waals surface area contributed by atoms with Crippen LogP contribution in [0.5, 0.6) is 0 Å². The number of amides is 1. The summed E-state index contributed by atoms with van der Waals surface area (Å²) in [6.45, 7) is 2.59. The van der Waals surface area contributed by atoms with Crippen LogP contribution in [0.4, 0.5) is 38.0 Å². The van der Waals surface area contributed by atoms with Gasteiger partial charge in [-0.15, -0.1) is 0 Å². The molecule has 0 spiro atoms. The summed E-state index contributed by atoms with van der Waals surface area (Å²) in [6, 6.07) is 0.983. The number of aromatic nitrogens is 3. The third-order valence-electron chi connectivity index (χ3n) is 6.41. The molecule has 4 heterocycles. The molecule has 1 amide bonds. The van der Waals surface area contributed by atoms with Gasteiger partial charge in [0.2, 0.25) is 11.9 Å². The number of hydrogen-bond acceptors (Lipinski definition) is 7. The highest BCUT2D eigenvalue weighted by molar-refractivity contribution is 5.76. The van der Waals surface area contributed by atoms with E-state index < -0.39 is 23.5 Å². The van der Waals surface area contributed by atoms with E-state index in [1.54, 1.807) is 9.80 Å². The molecule has 0 radical (unpaired) electrons. The molecule has 0 aliphatic carbocycles. The highest BCUT2D eigenvalue weighted by Crippen LogP contribution is 2.33. The zero-order chi connectivity index (χ0) is 26.6. The minimum Gasteiger partial charge on any atom is -0.379 e. The second-order valence-electron chi connectivity index (χ2n) is 8.88. The van der Waals surface area contributed by atoms with Crippen LogP contribution in [0.15, 0.2) is 30.9 Å². The van der Waals surface area contributed by atoms with Crippen LogP contribution in [0.2, 0.25) is 0 Å². The van der Waals surface area contributed by atoms with Gasteiger partial charge in [0.15, 0.2) is 0 Å². The number of anilines is 2. The van der Waals surface area contributed by atoms with Crippen LogP contribution < -0.4 is 9.80 Å². The van der Waals surface area contributed by atoms with Crippen LogP contribution in [0, 0.1) is 0 Å². The number of pyridine rings is 1. The molecule has 8 nitrogen and oxygen atoms in total. The van der Waals surface area contributed by atoms with Gasteiger partial charge in [0, 0.05) is 51.3 Å². The highest BCUT2D eigenvalue weighted by Gasteiger charge is 2.34. The Morgan fingerprint density at radius 1 is 0.919 bits per heavy atom. The van der Waals surface area contributed by atoms with Crippen LogP contribution in [0.1, 0.15) is 30.4 Å². The number of carbonyl (C=O) groups is 1. The van der Waals surface area contributed by atoms with E-state index >= 15 is 0 Å². The lowest BCUT2D eigenvalue weighted by Gasteiger charge is -2.34. The smallest absolute Gasteiger partial charge is 0.379 e. The van der Waals surface area contributed by atoms with Crippen LogP contribution in [-0.4, -0.2) is 77.7 Å². The first-order valence-corrected chi connectivity index (χ1v) is 11.8. The number of piperazine rings is 1. The first-order chi connectivity index (χ1) is 17.5. The monoisotopic (exact) mass is 532 g/mol. The minimum atomic E-state index is -4.50. The molecule has 4 rings (SSSR count). The fourth-order valence-corrected chi connectivity index (χ4v) is 4.41. The summed E-state index contributed by atoms with van der Waals surface area (Å²) in [7, 11) is 0. The summed E-state index contributed by atoms with van der Waals surface area (Å²) in [5, 5.41) is 0. The van der Waals surface area contributed by atoms with Gasteiger partial charge in [-0.3, -0.25) is 9.78 Å². The molecule has 14 heteroatoms. The maximum Gasteiger partial charge on any atom is 0.419 e. The quantitative estimate of drug-likeness (QED) is 0.398. The van der Waals surface area contributed by atoms with E-state index in [4.69, 9.17) is 4.74 Å². The van der Waals surface area contributed by atoms with Crippen molar-refractivity contribution in [3.63, 3.8) is 0 Å².